The van der Waals surface area contributed by atoms with Gasteiger partial charge in [-0.1, -0.05) is 48.6 Å². The molecule has 146 valence electrons. The SMILES string of the molecule is CC(O)C(NC(=O)c1ccc(C=CC=Cc2ccc(N)cc2)cc1)C(=O)NO. The normalized spacial score (nSPS) is 13.4. The van der Waals surface area contributed by atoms with Crippen LogP contribution >= 0.6 is 0 Å². The van der Waals surface area contributed by atoms with E-state index in [1.54, 1.807) is 24.3 Å². The summed E-state index contributed by atoms with van der Waals surface area (Å²) in [5.41, 5.74) is 10.0. The van der Waals surface area contributed by atoms with Crippen LogP contribution in [0.3, 0.4) is 0 Å². The van der Waals surface area contributed by atoms with E-state index in [0.29, 0.717) is 11.3 Å². The van der Waals surface area contributed by atoms with E-state index in [1.165, 1.54) is 12.4 Å². The maximum Gasteiger partial charge on any atom is 0.268 e. The predicted molar refractivity (Wildman–Crippen MR) is 108 cm³/mol. The van der Waals surface area contributed by atoms with Crippen molar-refractivity contribution in [2.45, 2.75) is 19.1 Å². The summed E-state index contributed by atoms with van der Waals surface area (Å²) in [4.78, 5) is 23.7. The third-order valence-corrected chi connectivity index (χ3v) is 3.96. The van der Waals surface area contributed by atoms with Gasteiger partial charge in [-0.2, -0.15) is 0 Å². The number of amides is 2. The van der Waals surface area contributed by atoms with Crippen LogP contribution in [0.15, 0.2) is 60.7 Å². The number of benzene rings is 2. The Kier molecular flexibility index (Phi) is 7.50. The Morgan fingerprint density at radius 1 is 0.964 bits per heavy atom. The van der Waals surface area contributed by atoms with Gasteiger partial charge in [0.1, 0.15) is 6.04 Å². The zero-order valence-corrected chi connectivity index (χ0v) is 15.4. The highest BCUT2D eigenvalue weighted by atomic mass is 16.5. The summed E-state index contributed by atoms with van der Waals surface area (Å²) < 4.78 is 0. The zero-order chi connectivity index (χ0) is 20.5. The lowest BCUT2D eigenvalue weighted by Crippen LogP contribution is -2.51. The third-order valence-electron chi connectivity index (χ3n) is 3.96. The van der Waals surface area contributed by atoms with E-state index in [2.05, 4.69) is 5.32 Å². The highest BCUT2D eigenvalue weighted by Crippen LogP contribution is 2.09. The largest absolute Gasteiger partial charge is 0.399 e. The molecule has 0 saturated heterocycles. The first-order chi connectivity index (χ1) is 13.4. The van der Waals surface area contributed by atoms with Gasteiger partial charge < -0.3 is 16.2 Å². The minimum absolute atomic E-state index is 0.325. The van der Waals surface area contributed by atoms with Gasteiger partial charge in [-0.3, -0.25) is 14.8 Å². The summed E-state index contributed by atoms with van der Waals surface area (Å²) in [6, 6.07) is 13.0. The Bertz CT molecular complexity index is 856. The summed E-state index contributed by atoms with van der Waals surface area (Å²) in [6.45, 7) is 1.34. The van der Waals surface area contributed by atoms with E-state index in [9.17, 15) is 14.7 Å². The molecule has 0 bridgehead atoms. The van der Waals surface area contributed by atoms with Gasteiger partial charge in [-0.25, -0.2) is 5.48 Å². The maximum atomic E-state index is 12.2. The number of hydrogen-bond donors (Lipinski definition) is 5. The summed E-state index contributed by atoms with van der Waals surface area (Å²) in [5.74, 6) is -1.43. The Balaban J connectivity index is 1.97. The molecule has 28 heavy (non-hydrogen) atoms. The standard InChI is InChI=1S/C21H23N3O4/c1-14(25)19(21(27)24-28)23-20(26)17-10-6-15(7-11-17)4-2-3-5-16-8-12-18(22)13-9-16/h2-14,19,25,28H,22H2,1H3,(H,23,26)(H,24,27). The van der Waals surface area contributed by atoms with Crippen molar-refractivity contribution in [3.63, 3.8) is 0 Å². The van der Waals surface area contributed by atoms with Gasteiger partial charge in [0.05, 0.1) is 6.10 Å². The van der Waals surface area contributed by atoms with Crippen LogP contribution in [0.4, 0.5) is 5.69 Å². The van der Waals surface area contributed by atoms with Crippen molar-refractivity contribution in [3.05, 3.63) is 77.4 Å². The molecule has 0 saturated carbocycles. The number of carbonyl (C=O) groups is 2. The lowest BCUT2D eigenvalue weighted by atomic mass is 10.1. The second kappa shape index (κ2) is 10.1. The molecule has 0 heterocycles. The molecule has 0 radical (unpaired) electrons. The number of hydrogen-bond acceptors (Lipinski definition) is 5. The molecule has 2 aromatic rings. The van der Waals surface area contributed by atoms with Crippen LogP contribution in [0, 0.1) is 0 Å². The van der Waals surface area contributed by atoms with Gasteiger partial charge in [0, 0.05) is 11.3 Å². The molecule has 0 aliphatic heterocycles. The summed E-state index contributed by atoms with van der Waals surface area (Å²) >= 11 is 0. The lowest BCUT2D eigenvalue weighted by Gasteiger charge is -2.19. The number of aliphatic hydroxyl groups excluding tert-OH is 1. The highest BCUT2D eigenvalue weighted by molar-refractivity contribution is 5.97. The summed E-state index contributed by atoms with van der Waals surface area (Å²) in [6.07, 6.45) is 6.44. The number of rotatable bonds is 7. The second-order valence-electron chi connectivity index (χ2n) is 6.17. The maximum absolute atomic E-state index is 12.2. The first kappa shape index (κ1) is 20.9. The van der Waals surface area contributed by atoms with E-state index in [-0.39, 0.29) is 0 Å². The van der Waals surface area contributed by atoms with Crippen LogP contribution in [0.2, 0.25) is 0 Å². The Morgan fingerprint density at radius 2 is 1.46 bits per heavy atom. The predicted octanol–water partition coefficient (Wildman–Crippen LogP) is 1.98. The number of nitrogens with two attached hydrogens (primary N) is 1. The number of nitrogens with one attached hydrogen (secondary N) is 2. The Morgan fingerprint density at radius 3 is 1.93 bits per heavy atom. The fraction of sp³-hybridized carbons (Fsp3) is 0.143. The van der Waals surface area contributed by atoms with E-state index in [1.807, 2.05) is 48.6 Å². The van der Waals surface area contributed by atoms with E-state index in [0.717, 1.165) is 11.1 Å². The topological polar surface area (TPSA) is 125 Å². The van der Waals surface area contributed by atoms with Crippen LogP contribution in [-0.4, -0.2) is 34.3 Å². The van der Waals surface area contributed by atoms with Gasteiger partial charge >= 0.3 is 0 Å². The molecule has 6 N–H and O–H groups in total. The van der Waals surface area contributed by atoms with Crippen LogP contribution in [0.1, 0.15) is 28.4 Å². The average Bonchev–Trinajstić information content (AvgIpc) is 2.70. The van der Waals surface area contributed by atoms with E-state index < -0.39 is 24.0 Å². The first-order valence-corrected chi connectivity index (χ1v) is 8.64. The number of allylic oxidation sites excluding steroid dienone is 2. The zero-order valence-electron chi connectivity index (χ0n) is 15.4. The van der Waals surface area contributed by atoms with Crippen LogP contribution in [-0.2, 0) is 4.79 Å². The molecule has 2 aromatic carbocycles. The van der Waals surface area contributed by atoms with Crippen LogP contribution in [0.25, 0.3) is 12.2 Å². The van der Waals surface area contributed by atoms with Crippen molar-refractivity contribution in [2.75, 3.05) is 5.73 Å². The Hall–Kier alpha value is -3.42. The average molecular weight is 381 g/mol. The van der Waals surface area contributed by atoms with Crippen LogP contribution < -0.4 is 16.5 Å². The third kappa shape index (κ3) is 6.08. The quantitative estimate of drug-likeness (QED) is 0.217. The van der Waals surface area contributed by atoms with Gasteiger partial charge in [0.2, 0.25) is 0 Å². The number of nitrogen functional groups attached to an aromatic ring is 1. The van der Waals surface area contributed by atoms with Gasteiger partial charge in [0.15, 0.2) is 0 Å². The number of carbonyl (C=O) groups excluding carboxylic acids is 2. The Labute approximate surface area is 163 Å². The number of hydroxylamine groups is 1. The van der Waals surface area contributed by atoms with Crippen molar-refractivity contribution in [1.82, 2.24) is 10.8 Å². The van der Waals surface area contributed by atoms with Crippen molar-refractivity contribution in [2.24, 2.45) is 0 Å². The fourth-order valence-electron chi connectivity index (χ4n) is 2.39. The molecule has 2 atom stereocenters. The highest BCUT2D eigenvalue weighted by Gasteiger charge is 2.25. The lowest BCUT2D eigenvalue weighted by molar-refractivity contribution is -0.133. The van der Waals surface area contributed by atoms with Crippen molar-refractivity contribution in [1.29, 1.82) is 0 Å². The smallest absolute Gasteiger partial charge is 0.268 e. The molecule has 0 aliphatic carbocycles. The molecule has 0 aliphatic rings. The van der Waals surface area contributed by atoms with Crippen LogP contribution in [0.5, 0.6) is 0 Å². The molecule has 7 nitrogen and oxygen atoms in total. The van der Waals surface area contributed by atoms with Crippen molar-refractivity contribution < 1.29 is 19.9 Å². The van der Waals surface area contributed by atoms with Gasteiger partial charge in [0.25, 0.3) is 11.8 Å². The van der Waals surface area contributed by atoms with Gasteiger partial charge in [-0.15, -0.1) is 0 Å². The summed E-state index contributed by atoms with van der Waals surface area (Å²) in [5, 5.41) is 20.6. The number of aliphatic hydroxyl groups is 1. The minimum atomic E-state index is -1.25. The minimum Gasteiger partial charge on any atom is -0.399 e. The molecular weight excluding hydrogens is 358 g/mol. The molecule has 2 rings (SSSR count). The monoisotopic (exact) mass is 381 g/mol. The van der Waals surface area contributed by atoms with Gasteiger partial charge in [-0.05, 0) is 42.3 Å². The number of anilines is 1. The summed E-state index contributed by atoms with van der Waals surface area (Å²) in [7, 11) is 0. The molecular formula is C21H23N3O4. The van der Waals surface area contributed by atoms with E-state index >= 15 is 0 Å². The van der Waals surface area contributed by atoms with Crippen molar-refractivity contribution >= 4 is 29.7 Å². The van der Waals surface area contributed by atoms with E-state index in [4.69, 9.17) is 10.9 Å². The first-order valence-electron chi connectivity index (χ1n) is 8.64. The molecule has 2 amide bonds. The van der Waals surface area contributed by atoms with Crippen molar-refractivity contribution in [3.8, 4) is 0 Å². The molecule has 7 heteroatoms. The second-order valence-corrected chi connectivity index (χ2v) is 6.17. The molecule has 0 spiro atoms. The fourth-order valence-corrected chi connectivity index (χ4v) is 2.39. The molecule has 0 aromatic heterocycles. The molecule has 0 fully saturated rings. The molecule has 2 unspecified atom stereocenters.